The first-order chi connectivity index (χ1) is 28.9. The Morgan fingerprint density at radius 1 is 0.885 bits per heavy atom. The van der Waals surface area contributed by atoms with Crippen molar-refractivity contribution in [3.05, 3.63) is 35.9 Å². The van der Waals surface area contributed by atoms with E-state index in [1.807, 2.05) is 59.7 Å². The van der Waals surface area contributed by atoms with Crippen LogP contribution in [-0.4, -0.2) is 139 Å². The van der Waals surface area contributed by atoms with Crippen LogP contribution in [0.5, 0.6) is 0 Å². The first-order valence-electron chi connectivity index (χ1n) is 21.9. The van der Waals surface area contributed by atoms with Gasteiger partial charge in [0.1, 0.15) is 18.1 Å². The van der Waals surface area contributed by atoms with Gasteiger partial charge in [0.25, 0.3) is 0 Å². The third-order valence-corrected chi connectivity index (χ3v) is 12.2. The number of rotatable bonds is 27. The second kappa shape index (κ2) is 26.4. The van der Waals surface area contributed by atoms with Crippen molar-refractivity contribution in [1.29, 1.82) is 0 Å². The minimum absolute atomic E-state index is 0.0604. The van der Waals surface area contributed by atoms with E-state index < -0.39 is 66.1 Å². The van der Waals surface area contributed by atoms with Crippen LogP contribution in [0.25, 0.3) is 0 Å². The van der Waals surface area contributed by atoms with Crippen molar-refractivity contribution in [2.75, 3.05) is 41.5 Å². The van der Waals surface area contributed by atoms with Crippen LogP contribution in [0.3, 0.4) is 0 Å². The van der Waals surface area contributed by atoms with Crippen LogP contribution in [-0.2, 0) is 49.5 Å². The fourth-order valence-corrected chi connectivity index (χ4v) is 8.53. The van der Waals surface area contributed by atoms with Crippen molar-refractivity contribution in [3.8, 4) is 0 Å². The molecule has 5 amide bonds. The molecular weight excluding hydrogens is 785 g/mol. The number of nitrogens with two attached hydrogens (primary N) is 1. The Morgan fingerprint density at radius 2 is 1.54 bits per heavy atom. The summed E-state index contributed by atoms with van der Waals surface area (Å²) in [7, 11) is 6.28. The Hall–Kier alpha value is -4.12. The molecule has 9 atom stereocenters. The van der Waals surface area contributed by atoms with Gasteiger partial charge in [0.15, 0.2) is 0 Å². The summed E-state index contributed by atoms with van der Waals surface area (Å²) in [6.07, 6.45) is 2.92. The molecule has 1 aromatic rings. The predicted octanol–water partition coefficient (Wildman–Crippen LogP) is 3.79. The number of aliphatic carboxylic acids is 1. The number of nitrogens with zero attached hydrogens (tertiary/aromatic N) is 3. The zero-order valence-electron chi connectivity index (χ0n) is 38.6. The number of carboxylic acids is 1. The normalized spacial score (nSPS) is 18.1. The molecule has 0 bridgehead atoms. The second-order valence-corrected chi connectivity index (χ2v) is 17.3. The number of hydrogen-bond acceptors (Lipinski definition) is 10. The first-order valence-corrected chi connectivity index (χ1v) is 21.9. The number of amides is 5. The largest absolute Gasteiger partial charge is 0.480 e. The molecule has 0 saturated carbocycles. The Labute approximate surface area is 363 Å². The summed E-state index contributed by atoms with van der Waals surface area (Å²) < 4.78 is 11.9. The molecule has 1 fully saturated rings. The SMILES string of the molecule is CCC(C)[C@@H]([C@@H](CC(=O)N1CCC[C@H]1[C@H](OC)[C@@H](C)C(=O)NC(Cc1ccccc1)C(=O)O)OC)N(C)C(=O)[C@@H](NC(=O)[C@H](C(C)C)N(C)C(=O)CCCCCON)C(C)C. The second-order valence-electron chi connectivity index (χ2n) is 17.3. The molecule has 1 heterocycles. The smallest absolute Gasteiger partial charge is 0.326 e. The van der Waals surface area contributed by atoms with E-state index in [4.69, 9.17) is 15.4 Å². The summed E-state index contributed by atoms with van der Waals surface area (Å²) in [6, 6.07) is 5.17. The quantitative estimate of drug-likeness (QED) is 0.0739. The molecule has 2 unspecified atom stereocenters. The van der Waals surface area contributed by atoms with Crippen LogP contribution < -0.4 is 16.5 Å². The van der Waals surface area contributed by atoms with E-state index in [9.17, 15) is 33.9 Å². The van der Waals surface area contributed by atoms with Gasteiger partial charge in [-0.1, -0.05) is 91.6 Å². The van der Waals surface area contributed by atoms with Crippen molar-refractivity contribution >= 4 is 35.5 Å². The number of hydrogen-bond donors (Lipinski definition) is 4. The van der Waals surface area contributed by atoms with Gasteiger partial charge in [-0.2, -0.15) is 0 Å². The number of methoxy groups -OCH3 is 2. The van der Waals surface area contributed by atoms with Gasteiger partial charge in [-0.15, -0.1) is 0 Å². The maximum absolute atomic E-state index is 14.5. The number of benzene rings is 1. The van der Waals surface area contributed by atoms with Gasteiger partial charge < -0.3 is 44.8 Å². The van der Waals surface area contributed by atoms with E-state index in [-0.39, 0.29) is 54.7 Å². The summed E-state index contributed by atoms with van der Waals surface area (Å²) in [4.78, 5) is 90.9. The number of carbonyl (C=O) groups excluding carboxylic acids is 5. The molecule has 5 N–H and O–H groups in total. The topological polar surface area (TPSA) is 210 Å². The number of ether oxygens (including phenoxy) is 2. The molecule has 0 aromatic heterocycles. The Kier molecular flexibility index (Phi) is 22.9. The fourth-order valence-electron chi connectivity index (χ4n) is 8.53. The molecule has 2 rings (SSSR count). The Morgan fingerprint density at radius 3 is 2.08 bits per heavy atom. The van der Waals surface area contributed by atoms with Crippen molar-refractivity contribution in [2.45, 2.75) is 149 Å². The van der Waals surface area contributed by atoms with Crippen LogP contribution in [0.15, 0.2) is 30.3 Å². The van der Waals surface area contributed by atoms with Crippen molar-refractivity contribution in [3.63, 3.8) is 0 Å². The van der Waals surface area contributed by atoms with Gasteiger partial charge in [-0.05, 0) is 49.0 Å². The molecule has 1 aliphatic heterocycles. The lowest BCUT2D eigenvalue weighted by molar-refractivity contribution is -0.149. The standard InChI is InChI=1S/C45H76N6O10/c1-12-30(6)40(50(9)44(56)38(28(2)3)48-43(55)39(29(4)5)49(8)36(52)23-17-14-18-25-61-46)35(59-10)27-37(53)51-24-19-22-34(51)41(60-11)31(7)42(54)47-33(45(57)58)26-32-20-15-13-16-21-32/h13,15-16,20-21,28-31,33-35,38-41H,12,14,17-19,22-27,46H2,1-11H3,(H,47,54)(H,48,55)(H,57,58)/t30?,31-,33?,34+,35-,38+,39+,40+,41-/m1/s1. The lowest BCUT2D eigenvalue weighted by Crippen LogP contribution is -2.60. The summed E-state index contributed by atoms with van der Waals surface area (Å²) >= 11 is 0. The summed E-state index contributed by atoms with van der Waals surface area (Å²) in [5.74, 6) is 0.865. The number of unbranched alkanes of at least 4 members (excludes halogenated alkanes) is 2. The van der Waals surface area contributed by atoms with Gasteiger partial charge in [0.05, 0.1) is 43.2 Å². The molecule has 16 nitrogen and oxygen atoms in total. The van der Waals surface area contributed by atoms with E-state index in [1.165, 1.54) is 19.1 Å². The molecule has 0 spiro atoms. The van der Waals surface area contributed by atoms with Crippen LogP contribution in [0, 0.1) is 23.7 Å². The predicted molar refractivity (Wildman–Crippen MR) is 233 cm³/mol. The fraction of sp³-hybridized carbons (Fsp3) is 0.733. The Balaban J connectivity index is 2.26. The van der Waals surface area contributed by atoms with Gasteiger partial charge in [0, 0.05) is 47.7 Å². The molecule has 0 aliphatic carbocycles. The minimum atomic E-state index is -1.15. The van der Waals surface area contributed by atoms with Crippen molar-refractivity contribution < 1.29 is 48.2 Å². The van der Waals surface area contributed by atoms with Crippen LogP contribution in [0.2, 0.25) is 0 Å². The molecule has 16 heteroatoms. The molecular formula is C45H76N6O10. The van der Waals surface area contributed by atoms with Crippen molar-refractivity contribution in [1.82, 2.24) is 25.3 Å². The first kappa shape index (κ1) is 53.0. The molecule has 1 aliphatic rings. The monoisotopic (exact) mass is 861 g/mol. The molecule has 346 valence electrons. The van der Waals surface area contributed by atoms with E-state index >= 15 is 0 Å². The number of carboxylic acid groups (broad SMARTS) is 1. The van der Waals surface area contributed by atoms with E-state index in [2.05, 4.69) is 15.5 Å². The molecule has 0 radical (unpaired) electrons. The van der Waals surface area contributed by atoms with Crippen LogP contribution >= 0.6 is 0 Å². The average Bonchev–Trinajstić information content (AvgIpc) is 3.71. The van der Waals surface area contributed by atoms with Crippen LogP contribution in [0.4, 0.5) is 0 Å². The summed E-state index contributed by atoms with van der Waals surface area (Å²) in [5, 5.41) is 15.6. The minimum Gasteiger partial charge on any atom is -0.480 e. The molecule has 1 saturated heterocycles. The summed E-state index contributed by atoms with van der Waals surface area (Å²) in [6.45, 7) is 13.9. The van der Waals surface area contributed by atoms with E-state index in [0.29, 0.717) is 38.8 Å². The Bertz CT molecular complexity index is 1550. The van der Waals surface area contributed by atoms with Crippen molar-refractivity contribution in [2.24, 2.45) is 29.6 Å². The third kappa shape index (κ3) is 15.3. The summed E-state index contributed by atoms with van der Waals surface area (Å²) in [5.41, 5.74) is 0.771. The highest BCUT2D eigenvalue weighted by molar-refractivity contribution is 5.92. The highest BCUT2D eigenvalue weighted by Gasteiger charge is 2.43. The maximum atomic E-state index is 14.5. The lowest BCUT2D eigenvalue weighted by Gasteiger charge is -2.41. The highest BCUT2D eigenvalue weighted by atomic mass is 16.6. The van der Waals surface area contributed by atoms with Gasteiger partial charge in [-0.3, -0.25) is 24.0 Å². The number of nitrogens with one attached hydrogen (secondary N) is 2. The zero-order chi connectivity index (χ0) is 46.0. The maximum Gasteiger partial charge on any atom is 0.326 e. The average molecular weight is 861 g/mol. The highest BCUT2D eigenvalue weighted by Crippen LogP contribution is 2.30. The number of likely N-dealkylation sites (tertiary alicyclic amines) is 1. The zero-order valence-corrected chi connectivity index (χ0v) is 38.6. The third-order valence-electron chi connectivity index (χ3n) is 12.2. The van der Waals surface area contributed by atoms with Crippen LogP contribution in [0.1, 0.15) is 105 Å². The van der Waals surface area contributed by atoms with Gasteiger partial charge in [0.2, 0.25) is 29.5 Å². The lowest BCUT2D eigenvalue weighted by atomic mass is 9.89. The number of likely N-dealkylation sites (N-methyl/N-ethyl adjacent to an activating group) is 2. The van der Waals surface area contributed by atoms with E-state index in [1.54, 1.807) is 43.0 Å². The number of carbonyl (C=O) groups is 6. The van der Waals surface area contributed by atoms with Gasteiger partial charge in [-0.25, -0.2) is 10.7 Å². The van der Waals surface area contributed by atoms with Gasteiger partial charge >= 0.3 is 5.97 Å². The molecule has 61 heavy (non-hydrogen) atoms. The molecule has 1 aromatic carbocycles. The van der Waals surface area contributed by atoms with E-state index in [0.717, 1.165) is 18.4 Å².